The normalized spacial score (nSPS) is 24.0. The molecule has 1 aliphatic rings. The summed E-state index contributed by atoms with van der Waals surface area (Å²) in [7, 11) is 0. The number of aliphatic hydroxyl groups excluding tert-OH is 1. The number of carbonyl (C=O) groups is 2. The Labute approximate surface area is 96.6 Å². The molecule has 0 spiro atoms. The molecule has 1 aliphatic heterocycles. The first kappa shape index (κ1) is 11.6. The number of aryl methyl sites for hydroxylation is 1. The highest BCUT2D eigenvalue weighted by molar-refractivity contribution is 5.95. The van der Waals surface area contributed by atoms with E-state index >= 15 is 0 Å². The average molecular weight is 240 g/mol. The summed E-state index contributed by atoms with van der Waals surface area (Å²) in [6.45, 7) is 1.64. The molecule has 0 bridgehead atoms. The monoisotopic (exact) mass is 240 g/mol. The van der Waals surface area contributed by atoms with Gasteiger partial charge in [0.15, 0.2) is 5.69 Å². The summed E-state index contributed by atoms with van der Waals surface area (Å²) >= 11 is 0. The summed E-state index contributed by atoms with van der Waals surface area (Å²) in [5.41, 5.74) is 0.0582. The highest BCUT2D eigenvalue weighted by Crippen LogP contribution is 2.20. The topological polar surface area (TPSA) is 104 Å². The summed E-state index contributed by atoms with van der Waals surface area (Å²) in [5, 5.41) is 21.9. The van der Waals surface area contributed by atoms with Gasteiger partial charge in [-0.05, 0) is 6.92 Å². The van der Waals surface area contributed by atoms with Gasteiger partial charge in [0, 0.05) is 19.0 Å². The third-order valence-electron chi connectivity index (χ3n) is 2.67. The number of hydrogen-bond donors (Lipinski definition) is 2. The first-order chi connectivity index (χ1) is 7.99. The molecule has 1 amide bonds. The number of hydrogen-bond acceptors (Lipinski definition) is 5. The first-order valence-electron chi connectivity index (χ1n) is 5.14. The van der Waals surface area contributed by atoms with Crippen LogP contribution in [0, 0.1) is 6.92 Å². The molecule has 7 heteroatoms. The van der Waals surface area contributed by atoms with Crippen LogP contribution in [0.1, 0.15) is 22.7 Å². The van der Waals surface area contributed by atoms with Crippen LogP contribution in [-0.2, 0) is 4.79 Å². The fourth-order valence-electron chi connectivity index (χ4n) is 1.89. The lowest BCUT2D eigenvalue weighted by molar-refractivity contribution is -0.141. The lowest BCUT2D eigenvalue weighted by Gasteiger charge is -2.19. The SMILES string of the molecule is Cc1cc(C(=O)N2CC(O)CC2C(=O)O)no1. The Hall–Kier alpha value is -1.89. The number of aliphatic carboxylic acids is 1. The molecule has 0 aliphatic carbocycles. The van der Waals surface area contributed by atoms with E-state index in [9.17, 15) is 14.7 Å². The van der Waals surface area contributed by atoms with Crippen molar-refractivity contribution >= 4 is 11.9 Å². The van der Waals surface area contributed by atoms with Crippen LogP contribution in [0.4, 0.5) is 0 Å². The van der Waals surface area contributed by atoms with E-state index in [4.69, 9.17) is 9.63 Å². The largest absolute Gasteiger partial charge is 0.480 e. The zero-order valence-corrected chi connectivity index (χ0v) is 9.16. The second kappa shape index (κ2) is 4.17. The van der Waals surface area contributed by atoms with Crippen molar-refractivity contribution in [3.8, 4) is 0 Å². The van der Waals surface area contributed by atoms with Crippen molar-refractivity contribution < 1.29 is 24.3 Å². The molecule has 2 unspecified atom stereocenters. The van der Waals surface area contributed by atoms with Crippen LogP contribution in [0.3, 0.4) is 0 Å². The standard InChI is InChI=1S/C10H12N2O5/c1-5-2-7(11-17-5)9(14)12-4-6(13)3-8(12)10(15)16/h2,6,8,13H,3-4H2,1H3,(H,15,16). The molecule has 2 atom stereocenters. The minimum absolute atomic E-state index is 0.00169. The third-order valence-corrected chi connectivity index (χ3v) is 2.67. The number of carboxylic acids is 1. The van der Waals surface area contributed by atoms with Gasteiger partial charge in [-0.25, -0.2) is 4.79 Å². The fraction of sp³-hybridized carbons (Fsp3) is 0.500. The van der Waals surface area contributed by atoms with Gasteiger partial charge < -0.3 is 19.6 Å². The number of carbonyl (C=O) groups excluding carboxylic acids is 1. The number of carboxylic acid groups (broad SMARTS) is 1. The van der Waals surface area contributed by atoms with Crippen molar-refractivity contribution in [1.82, 2.24) is 10.1 Å². The molecule has 2 heterocycles. The lowest BCUT2D eigenvalue weighted by atomic mass is 10.2. The van der Waals surface area contributed by atoms with Crippen molar-refractivity contribution in [2.75, 3.05) is 6.54 Å². The summed E-state index contributed by atoms with van der Waals surface area (Å²) in [4.78, 5) is 24.0. The van der Waals surface area contributed by atoms with Crippen LogP contribution in [0.25, 0.3) is 0 Å². The van der Waals surface area contributed by atoms with Crippen molar-refractivity contribution in [1.29, 1.82) is 0 Å². The first-order valence-corrected chi connectivity index (χ1v) is 5.14. The van der Waals surface area contributed by atoms with Crippen LogP contribution in [-0.4, -0.2) is 50.8 Å². The minimum Gasteiger partial charge on any atom is -0.480 e. The molecule has 92 valence electrons. The van der Waals surface area contributed by atoms with Crippen molar-refractivity contribution in [2.45, 2.75) is 25.5 Å². The van der Waals surface area contributed by atoms with Crippen molar-refractivity contribution in [3.05, 3.63) is 17.5 Å². The minimum atomic E-state index is -1.13. The predicted molar refractivity (Wildman–Crippen MR) is 54.3 cm³/mol. The van der Waals surface area contributed by atoms with Gasteiger partial charge in [0.1, 0.15) is 11.8 Å². The third kappa shape index (κ3) is 2.14. The molecule has 1 aromatic rings. The van der Waals surface area contributed by atoms with Crippen LogP contribution in [0.15, 0.2) is 10.6 Å². The Balaban J connectivity index is 2.21. The molecular weight excluding hydrogens is 228 g/mol. The molecule has 1 aromatic heterocycles. The van der Waals surface area contributed by atoms with Gasteiger partial charge in [-0.2, -0.15) is 0 Å². The molecule has 1 saturated heterocycles. The Morgan fingerprint density at radius 3 is 2.82 bits per heavy atom. The fourth-order valence-corrected chi connectivity index (χ4v) is 1.89. The number of rotatable bonds is 2. The summed E-state index contributed by atoms with van der Waals surface area (Å²) in [6.07, 6.45) is -0.772. The van der Waals surface area contributed by atoms with E-state index in [2.05, 4.69) is 5.16 Å². The molecule has 2 N–H and O–H groups in total. The maximum Gasteiger partial charge on any atom is 0.326 e. The summed E-state index contributed by atoms with van der Waals surface area (Å²) in [6, 6.07) is 0.431. The van der Waals surface area contributed by atoms with Crippen LogP contribution in [0.5, 0.6) is 0 Å². The Bertz CT molecular complexity index is 455. The van der Waals surface area contributed by atoms with Crippen LogP contribution >= 0.6 is 0 Å². The molecule has 2 rings (SSSR count). The molecule has 0 saturated carbocycles. The van der Waals surface area contributed by atoms with E-state index < -0.39 is 24.0 Å². The number of aliphatic hydroxyl groups is 1. The molecule has 0 radical (unpaired) electrons. The zero-order chi connectivity index (χ0) is 12.6. The van der Waals surface area contributed by atoms with Gasteiger partial charge in [0.2, 0.25) is 0 Å². The van der Waals surface area contributed by atoms with E-state index in [0.717, 1.165) is 4.90 Å². The number of likely N-dealkylation sites (tertiary alicyclic amines) is 1. The van der Waals surface area contributed by atoms with E-state index in [0.29, 0.717) is 5.76 Å². The van der Waals surface area contributed by atoms with E-state index in [1.165, 1.54) is 6.07 Å². The molecular formula is C10H12N2O5. The van der Waals surface area contributed by atoms with Crippen LogP contribution < -0.4 is 0 Å². The predicted octanol–water partition coefficient (Wildman–Crippen LogP) is -0.357. The Morgan fingerprint density at radius 1 is 1.59 bits per heavy atom. The smallest absolute Gasteiger partial charge is 0.326 e. The van der Waals surface area contributed by atoms with Crippen molar-refractivity contribution in [3.63, 3.8) is 0 Å². The van der Waals surface area contributed by atoms with Gasteiger partial charge in [-0.1, -0.05) is 5.16 Å². The second-order valence-corrected chi connectivity index (χ2v) is 4.02. The zero-order valence-electron chi connectivity index (χ0n) is 9.16. The average Bonchev–Trinajstić information content (AvgIpc) is 2.83. The number of β-amino-alcohol motifs (C(OH)–C–C–N with tert-alkyl or cyclic N) is 1. The quantitative estimate of drug-likeness (QED) is 0.731. The van der Waals surface area contributed by atoms with Gasteiger partial charge in [0.25, 0.3) is 5.91 Å². The molecule has 17 heavy (non-hydrogen) atoms. The Kier molecular flexibility index (Phi) is 2.84. The van der Waals surface area contributed by atoms with Gasteiger partial charge in [-0.3, -0.25) is 4.79 Å². The van der Waals surface area contributed by atoms with Crippen molar-refractivity contribution in [2.24, 2.45) is 0 Å². The highest BCUT2D eigenvalue weighted by Gasteiger charge is 2.40. The van der Waals surface area contributed by atoms with Gasteiger partial charge >= 0.3 is 5.97 Å². The lowest BCUT2D eigenvalue weighted by Crippen LogP contribution is -2.40. The van der Waals surface area contributed by atoms with E-state index in [1.54, 1.807) is 6.92 Å². The van der Waals surface area contributed by atoms with E-state index in [-0.39, 0.29) is 18.7 Å². The molecule has 0 aromatic carbocycles. The molecule has 1 fully saturated rings. The number of aromatic nitrogens is 1. The maximum absolute atomic E-state index is 11.9. The van der Waals surface area contributed by atoms with E-state index in [1.807, 2.05) is 0 Å². The maximum atomic E-state index is 11.9. The van der Waals surface area contributed by atoms with Gasteiger partial charge in [0.05, 0.1) is 6.10 Å². The van der Waals surface area contributed by atoms with Crippen LogP contribution in [0.2, 0.25) is 0 Å². The summed E-state index contributed by atoms with van der Waals surface area (Å²) in [5.74, 6) is -1.19. The second-order valence-electron chi connectivity index (χ2n) is 4.02. The van der Waals surface area contributed by atoms with Gasteiger partial charge in [-0.15, -0.1) is 0 Å². The summed E-state index contributed by atoms with van der Waals surface area (Å²) < 4.78 is 4.76. The number of nitrogens with zero attached hydrogens (tertiary/aromatic N) is 2. The highest BCUT2D eigenvalue weighted by atomic mass is 16.5. The number of amides is 1. The Morgan fingerprint density at radius 2 is 2.29 bits per heavy atom. The molecule has 7 nitrogen and oxygen atoms in total.